The van der Waals surface area contributed by atoms with Crippen molar-refractivity contribution in [1.82, 2.24) is 5.32 Å². The average Bonchev–Trinajstić information content (AvgIpc) is 3.26. The molecule has 0 aromatic heterocycles. The number of hydrogen-bond donors (Lipinski definition) is 3. The minimum Gasteiger partial charge on any atom is -0.394 e. The molecule has 0 fully saturated rings. The highest BCUT2D eigenvalue weighted by Gasteiger charge is 2.18. The van der Waals surface area contributed by atoms with Gasteiger partial charge in [-0.2, -0.15) is 0 Å². The van der Waals surface area contributed by atoms with E-state index in [4.69, 9.17) is 0 Å². The molecular weight excluding hydrogens is 747 g/mol. The first-order valence-electron chi connectivity index (χ1n) is 28.4. The van der Waals surface area contributed by atoms with Crippen molar-refractivity contribution < 1.29 is 15.0 Å². The molecule has 0 saturated carbocycles. The highest BCUT2D eigenvalue weighted by atomic mass is 16.3. The number of carbonyl (C=O) groups excluding carboxylic acids is 1. The quantitative estimate of drug-likeness (QED) is 0.0421. The number of rotatable bonds is 53. The summed E-state index contributed by atoms with van der Waals surface area (Å²) in [6, 6.07) is -0.618. The third-order valence-electron chi connectivity index (χ3n) is 13.5. The molecule has 0 aliphatic carbocycles. The zero-order valence-electron chi connectivity index (χ0n) is 42.0. The molecule has 61 heavy (non-hydrogen) atoms. The Bertz CT molecular complexity index is 844. The first-order chi connectivity index (χ1) is 30.2. The lowest BCUT2D eigenvalue weighted by Crippen LogP contribution is -2.45. The van der Waals surface area contributed by atoms with Crippen LogP contribution in [0.3, 0.4) is 0 Å². The van der Waals surface area contributed by atoms with E-state index < -0.39 is 12.1 Å². The molecule has 0 radical (unpaired) electrons. The Hall–Kier alpha value is -0.870. The van der Waals surface area contributed by atoms with Crippen LogP contribution in [0.25, 0.3) is 0 Å². The number of allylic oxidation sites excluding steroid dienone is 1. The van der Waals surface area contributed by atoms with Crippen LogP contribution in [-0.4, -0.2) is 34.9 Å². The number of nitrogens with one attached hydrogen (secondary N) is 1. The Balaban J connectivity index is 3.44. The fraction of sp³-hybridized carbons (Fsp3) is 0.947. The lowest BCUT2D eigenvalue weighted by atomic mass is 10.0. The predicted molar refractivity (Wildman–Crippen MR) is 272 cm³/mol. The summed E-state index contributed by atoms with van der Waals surface area (Å²) < 4.78 is 0. The van der Waals surface area contributed by atoms with Crippen molar-refractivity contribution >= 4 is 5.91 Å². The molecule has 1 amide bonds. The number of unbranched alkanes of at least 4 members (excludes halogenated alkanes) is 46. The molecule has 0 aromatic carbocycles. The number of carbonyl (C=O) groups is 1. The Morgan fingerprint density at radius 1 is 0.377 bits per heavy atom. The van der Waals surface area contributed by atoms with Crippen LogP contribution in [0.1, 0.15) is 328 Å². The van der Waals surface area contributed by atoms with Crippen LogP contribution in [-0.2, 0) is 4.79 Å². The minimum absolute atomic E-state index is 0.0554. The number of aliphatic hydroxyl groups is 2. The van der Waals surface area contributed by atoms with Gasteiger partial charge in [-0.15, -0.1) is 0 Å². The van der Waals surface area contributed by atoms with Gasteiger partial charge in [0.1, 0.15) is 0 Å². The van der Waals surface area contributed by atoms with E-state index in [1.54, 1.807) is 6.08 Å². The van der Waals surface area contributed by atoms with Crippen molar-refractivity contribution in [3.63, 3.8) is 0 Å². The minimum atomic E-state index is -0.835. The van der Waals surface area contributed by atoms with Crippen molar-refractivity contribution in [2.24, 2.45) is 0 Å². The van der Waals surface area contributed by atoms with Crippen LogP contribution in [0.15, 0.2) is 12.2 Å². The fourth-order valence-corrected chi connectivity index (χ4v) is 9.18. The first-order valence-corrected chi connectivity index (χ1v) is 28.4. The van der Waals surface area contributed by atoms with Gasteiger partial charge in [0.15, 0.2) is 0 Å². The Morgan fingerprint density at radius 2 is 0.607 bits per heavy atom. The van der Waals surface area contributed by atoms with Gasteiger partial charge < -0.3 is 15.5 Å². The SMILES string of the molecule is CCCCCCCCCCCCCCCCCCCCCC/C=C/C(O)C(CO)NC(=O)CCCCCCCCCCCCCCCCCCCCCCCCCCCCC. The molecule has 0 aromatic rings. The first kappa shape index (κ1) is 60.1. The number of aliphatic hydroxyl groups excluding tert-OH is 2. The van der Waals surface area contributed by atoms with Crippen LogP contribution >= 0.6 is 0 Å². The second-order valence-electron chi connectivity index (χ2n) is 19.7. The third kappa shape index (κ3) is 50.0. The summed E-state index contributed by atoms with van der Waals surface area (Å²) in [7, 11) is 0. The van der Waals surface area contributed by atoms with Crippen molar-refractivity contribution in [2.75, 3.05) is 6.61 Å². The molecular formula is C57H113NO3. The van der Waals surface area contributed by atoms with Gasteiger partial charge in [-0.25, -0.2) is 0 Å². The molecule has 0 saturated heterocycles. The van der Waals surface area contributed by atoms with Crippen molar-refractivity contribution in [1.29, 1.82) is 0 Å². The third-order valence-corrected chi connectivity index (χ3v) is 13.5. The molecule has 364 valence electrons. The Labute approximate surface area is 384 Å². The molecule has 0 heterocycles. The zero-order valence-corrected chi connectivity index (χ0v) is 42.0. The summed E-state index contributed by atoms with van der Waals surface area (Å²) in [4.78, 5) is 12.5. The van der Waals surface area contributed by atoms with Crippen LogP contribution < -0.4 is 5.32 Å². The van der Waals surface area contributed by atoms with E-state index in [9.17, 15) is 15.0 Å². The van der Waals surface area contributed by atoms with Crippen molar-refractivity contribution in [3.05, 3.63) is 12.2 Å². The van der Waals surface area contributed by atoms with Crippen LogP contribution in [0, 0.1) is 0 Å². The molecule has 0 bridgehead atoms. The fourth-order valence-electron chi connectivity index (χ4n) is 9.18. The van der Waals surface area contributed by atoms with Gasteiger partial charge in [-0.3, -0.25) is 4.79 Å². The summed E-state index contributed by atoms with van der Waals surface area (Å²) in [5.74, 6) is -0.0554. The maximum atomic E-state index is 12.5. The van der Waals surface area contributed by atoms with Gasteiger partial charge in [0.2, 0.25) is 5.91 Å². The molecule has 4 nitrogen and oxygen atoms in total. The van der Waals surface area contributed by atoms with Crippen LogP contribution in [0.5, 0.6) is 0 Å². The number of hydrogen-bond acceptors (Lipinski definition) is 3. The molecule has 2 unspecified atom stereocenters. The second-order valence-corrected chi connectivity index (χ2v) is 19.7. The average molecular weight is 861 g/mol. The summed E-state index contributed by atoms with van der Waals surface area (Å²) >= 11 is 0. The van der Waals surface area contributed by atoms with Crippen LogP contribution in [0.2, 0.25) is 0 Å². The standard InChI is InChI=1S/C57H113NO3/c1-3-5-7-9-11-13-15-17-19-21-23-25-27-28-29-30-31-33-35-37-39-41-43-45-47-49-51-53-57(61)58-55(54-59)56(60)52-50-48-46-44-42-40-38-36-34-32-26-24-22-20-18-16-14-12-10-8-6-4-2/h50,52,55-56,59-60H,3-49,51,53-54H2,1-2H3,(H,58,61)/b52-50+. The molecule has 0 rings (SSSR count). The molecule has 4 heteroatoms. The van der Waals surface area contributed by atoms with Crippen LogP contribution in [0.4, 0.5) is 0 Å². The van der Waals surface area contributed by atoms with Gasteiger partial charge in [0, 0.05) is 6.42 Å². The zero-order chi connectivity index (χ0) is 44.2. The molecule has 0 spiro atoms. The van der Waals surface area contributed by atoms with E-state index in [0.717, 1.165) is 25.7 Å². The van der Waals surface area contributed by atoms with Crippen molar-refractivity contribution in [3.8, 4) is 0 Å². The predicted octanol–water partition coefficient (Wildman–Crippen LogP) is 18.5. The van der Waals surface area contributed by atoms with E-state index in [-0.39, 0.29) is 12.5 Å². The maximum Gasteiger partial charge on any atom is 0.220 e. The lowest BCUT2D eigenvalue weighted by molar-refractivity contribution is -0.123. The van der Waals surface area contributed by atoms with Gasteiger partial charge >= 0.3 is 0 Å². The van der Waals surface area contributed by atoms with E-state index in [1.165, 1.54) is 283 Å². The second kappa shape index (κ2) is 53.5. The Kier molecular flexibility index (Phi) is 52.7. The number of amides is 1. The van der Waals surface area contributed by atoms with E-state index >= 15 is 0 Å². The van der Waals surface area contributed by atoms with Gasteiger partial charge in [-0.05, 0) is 19.3 Å². The van der Waals surface area contributed by atoms with E-state index in [2.05, 4.69) is 19.2 Å². The normalized spacial score (nSPS) is 12.8. The lowest BCUT2D eigenvalue weighted by Gasteiger charge is -2.20. The van der Waals surface area contributed by atoms with Crippen molar-refractivity contribution in [2.45, 2.75) is 341 Å². The highest BCUT2D eigenvalue weighted by molar-refractivity contribution is 5.76. The maximum absolute atomic E-state index is 12.5. The van der Waals surface area contributed by atoms with E-state index in [0.29, 0.717) is 6.42 Å². The van der Waals surface area contributed by atoms with Gasteiger partial charge in [0.05, 0.1) is 18.8 Å². The van der Waals surface area contributed by atoms with Gasteiger partial charge in [-0.1, -0.05) is 315 Å². The van der Waals surface area contributed by atoms with Gasteiger partial charge in [0.25, 0.3) is 0 Å². The summed E-state index contributed by atoms with van der Waals surface area (Å²) in [5, 5.41) is 23.2. The summed E-state index contributed by atoms with van der Waals surface area (Å²) in [6.45, 7) is 4.35. The molecule has 0 aliphatic rings. The molecule has 2 atom stereocenters. The summed E-state index contributed by atoms with van der Waals surface area (Å²) in [6.07, 6.45) is 69.5. The molecule has 3 N–H and O–H groups in total. The Morgan fingerprint density at radius 3 is 0.852 bits per heavy atom. The summed E-state index contributed by atoms with van der Waals surface area (Å²) in [5.41, 5.74) is 0. The molecule has 0 aliphatic heterocycles. The topological polar surface area (TPSA) is 69.6 Å². The monoisotopic (exact) mass is 860 g/mol. The van der Waals surface area contributed by atoms with E-state index in [1.807, 2.05) is 6.08 Å². The highest BCUT2D eigenvalue weighted by Crippen LogP contribution is 2.18. The smallest absolute Gasteiger partial charge is 0.220 e. The largest absolute Gasteiger partial charge is 0.394 e.